The van der Waals surface area contributed by atoms with Crippen molar-refractivity contribution >= 4 is 12.0 Å². The molecule has 2 N–H and O–H groups in total. The first-order valence-electron chi connectivity index (χ1n) is 9.82. The van der Waals surface area contributed by atoms with Crippen LogP contribution < -0.4 is 10.6 Å². The van der Waals surface area contributed by atoms with Gasteiger partial charge in [-0.3, -0.25) is 4.79 Å². The van der Waals surface area contributed by atoms with Crippen LogP contribution in [0.3, 0.4) is 0 Å². The molecule has 0 bridgehead atoms. The second-order valence-electron chi connectivity index (χ2n) is 7.16. The fourth-order valence-electron chi connectivity index (χ4n) is 2.96. The van der Waals surface area contributed by atoms with Gasteiger partial charge in [-0.2, -0.15) is 0 Å². The lowest BCUT2D eigenvalue weighted by Crippen LogP contribution is -2.31. The average molecular weight is 383 g/mol. The number of rotatable bonds is 10. The molecule has 0 saturated carbocycles. The lowest BCUT2D eigenvalue weighted by atomic mass is 9.88. The summed E-state index contributed by atoms with van der Waals surface area (Å²) in [6.07, 6.45) is 0.482. The van der Waals surface area contributed by atoms with Gasteiger partial charge in [-0.15, -0.1) is 0 Å². The van der Waals surface area contributed by atoms with E-state index in [1.54, 1.807) is 0 Å². The standard InChI is InChI=1S/C23H30N2O3/c1-18(2)21(20-12-7-4-8-13-20)16-25-22(26)14-9-15-24-23(27)28-17-19-10-5-3-6-11-19/h3-8,10-13,18,21H,9,14-17H2,1-2H3,(H,24,27)(H,25,26). The third-order valence-corrected chi connectivity index (χ3v) is 4.61. The molecule has 5 heteroatoms. The number of hydrogen-bond donors (Lipinski definition) is 2. The van der Waals surface area contributed by atoms with Gasteiger partial charge in [0.25, 0.3) is 0 Å². The minimum absolute atomic E-state index is 0.000957. The summed E-state index contributed by atoms with van der Waals surface area (Å²) in [7, 11) is 0. The van der Waals surface area contributed by atoms with Gasteiger partial charge in [0.15, 0.2) is 0 Å². The minimum atomic E-state index is -0.465. The predicted molar refractivity (Wildman–Crippen MR) is 111 cm³/mol. The molecule has 5 nitrogen and oxygen atoms in total. The summed E-state index contributed by atoms with van der Waals surface area (Å²) in [4.78, 5) is 23.8. The number of hydrogen-bond acceptors (Lipinski definition) is 3. The number of ether oxygens (including phenoxy) is 1. The number of nitrogens with one attached hydrogen (secondary N) is 2. The quantitative estimate of drug-likeness (QED) is 0.604. The largest absolute Gasteiger partial charge is 0.445 e. The minimum Gasteiger partial charge on any atom is -0.445 e. The van der Waals surface area contributed by atoms with Gasteiger partial charge in [-0.25, -0.2) is 4.79 Å². The summed E-state index contributed by atoms with van der Waals surface area (Å²) in [6, 6.07) is 19.8. The van der Waals surface area contributed by atoms with Crippen molar-refractivity contribution in [3.63, 3.8) is 0 Å². The highest BCUT2D eigenvalue weighted by Gasteiger charge is 2.16. The molecule has 2 amide bonds. The maximum atomic E-state index is 12.1. The zero-order valence-corrected chi connectivity index (χ0v) is 16.7. The number of amides is 2. The van der Waals surface area contributed by atoms with Crippen LogP contribution in [0.25, 0.3) is 0 Å². The van der Waals surface area contributed by atoms with Crippen molar-refractivity contribution < 1.29 is 14.3 Å². The van der Waals surface area contributed by atoms with Crippen molar-refractivity contribution in [2.45, 2.75) is 39.2 Å². The SMILES string of the molecule is CC(C)C(CNC(=O)CCCNC(=O)OCc1ccccc1)c1ccccc1. The van der Waals surface area contributed by atoms with Crippen molar-refractivity contribution in [3.05, 3.63) is 71.8 Å². The molecule has 0 saturated heterocycles. The second-order valence-corrected chi connectivity index (χ2v) is 7.16. The van der Waals surface area contributed by atoms with E-state index in [9.17, 15) is 9.59 Å². The van der Waals surface area contributed by atoms with Crippen molar-refractivity contribution in [2.24, 2.45) is 5.92 Å². The van der Waals surface area contributed by atoms with Gasteiger partial charge in [0.05, 0.1) is 0 Å². The Bertz CT molecular complexity index is 717. The molecule has 2 aromatic rings. The Balaban J connectivity index is 1.61. The first-order chi connectivity index (χ1) is 13.6. The summed E-state index contributed by atoms with van der Waals surface area (Å²) in [5.41, 5.74) is 2.18. The lowest BCUT2D eigenvalue weighted by molar-refractivity contribution is -0.121. The van der Waals surface area contributed by atoms with Crippen LogP contribution in [0.5, 0.6) is 0 Å². The van der Waals surface area contributed by atoms with Gasteiger partial charge in [-0.05, 0) is 23.5 Å². The highest BCUT2D eigenvalue weighted by Crippen LogP contribution is 2.23. The Morgan fingerprint density at radius 3 is 2.21 bits per heavy atom. The second kappa shape index (κ2) is 11.8. The third kappa shape index (κ3) is 7.82. The van der Waals surface area contributed by atoms with Crippen LogP contribution in [0.15, 0.2) is 60.7 Å². The van der Waals surface area contributed by atoms with Gasteiger partial charge < -0.3 is 15.4 Å². The Labute approximate surface area is 167 Å². The van der Waals surface area contributed by atoms with Gasteiger partial charge in [0, 0.05) is 25.4 Å². The van der Waals surface area contributed by atoms with Crippen LogP contribution >= 0.6 is 0 Å². The molecule has 2 aromatic carbocycles. The Morgan fingerprint density at radius 1 is 0.929 bits per heavy atom. The molecular weight excluding hydrogens is 352 g/mol. The third-order valence-electron chi connectivity index (χ3n) is 4.61. The molecule has 2 rings (SSSR count). The van der Waals surface area contributed by atoms with Crippen LogP contribution in [-0.4, -0.2) is 25.1 Å². The van der Waals surface area contributed by atoms with Gasteiger partial charge >= 0.3 is 6.09 Å². The highest BCUT2D eigenvalue weighted by molar-refractivity contribution is 5.76. The van der Waals surface area contributed by atoms with Crippen molar-refractivity contribution in [3.8, 4) is 0 Å². The van der Waals surface area contributed by atoms with E-state index in [0.29, 0.717) is 31.8 Å². The van der Waals surface area contributed by atoms with Crippen LogP contribution in [-0.2, 0) is 16.1 Å². The maximum Gasteiger partial charge on any atom is 0.407 e. The van der Waals surface area contributed by atoms with E-state index in [2.05, 4.69) is 36.6 Å². The molecule has 0 fully saturated rings. The molecule has 0 aliphatic heterocycles. The van der Waals surface area contributed by atoms with E-state index >= 15 is 0 Å². The summed E-state index contributed by atoms with van der Waals surface area (Å²) in [5.74, 6) is 0.723. The van der Waals surface area contributed by atoms with Crippen molar-refractivity contribution in [1.29, 1.82) is 0 Å². The van der Waals surface area contributed by atoms with E-state index in [4.69, 9.17) is 4.74 Å². The van der Waals surface area contributed by atoms with E-state index in [0.717, 1.165) is 5.56 Å². The molecule has 0 heterocycles. The zero-order chi connectivity index (χ0) is 20.2. The van der Waals surface area contributed by atoms with Crippen LogP contribution in [0.4, 0.5) is 4.79 Å². The summed E-state index contributed by atoms with van der Waals surface area (Å²) >= 11 is 0. The summed E-state index contributed by atoms with van der Waals surface area (Å²) in [5, 5.41) is 5.69. The molecular formula is C23H30N2O3. The fraction of sp³-hybridized carbons (Fsp3) is 0.391. The average Bonchev–Trinajstić information content (AvgIpc) is 2.71. The number of carbonyl (C=O) groups excluding carboxylic acids is 2. The molecule has 28 heavy (non-hydrogen) atoms. The van der Waals surface area contributed by atoms with E-state index in [1.807, 2.05) is 48.5 Å². The maximum absolute atomic E-state index is 12.1. The lowest BCUT2D eigenvalue weighted by Gasteiger charge is -2.22. The number of benzene rings is 2. The van der Waals surface area contributed by atoms with Gasteiger partial charge in [0.1, 0.15) is 6.61 Å². The first kappa shape index (κ1) is 21.5. The van der Waals surface area contributed by atoms with E-state index in [1.165, 1.54) is 5.56 Å². The monoisotopic (exact) mass is 382 g/mol. The highest BCUT2D eigenvalue weighted by atomic mass is 16.5. The molecule has 0 radical (unpaired) electrons. The van der Waals surface area contributed by atoms with Crippen molar-refractivity contribution in [2.75, 3.05) is 13.1 Å². The molecule has 1 atom stereocenters. The van der Waals surface area contributed by atoms with Crippen LogP contribution in [0.1, 0.15) is 43.7 Å². The van der Waals surface area contributed by atoms with Gasteiger partial charge in [0.2, 0.25) is 5.91 Å². The molecule has 0 aliphatic rings. The summed E-state index contributed by atoms with van der Waals surface area (Å²) in [6.45, 7) is 5.59. The van der Waals surface area contributed by atoms with E-state index < -0.39 is 6.09 Å². The Hall–Kier alpha value is -2.82. The van der Waals surface area contributed by atoms with Crippen LogP contribution in [0, 0.1) is 5.92 Å². The smallest absolute Gasteiger partial charge is 0.407 e. The normalized spacial score (nSPS) is 11.7. The molecule has 0 aliphatic carbocycles. The van der Waals surface area contributed by atoms with Crippen LogP contribution in [0.2, 0.25) is 0 Å². The molecule has 150 valence electrons. The molecule has 0 aromatic heterocycles. The molecule has 0 spiro atoms. The number of alkyl carbamates (subject to hydrolysis) is 1. The zero-order valence-electron chi connectivity index (χ0n) is 16.7. The van der Waals surface area contributed by atoms with Gasteiger partial charge in [-0.1, -0.05) is 74.5 Å². The first-order valence-corrected chi connectivity index (χ1v) is 9.82. The fourth-order valence-corrected chi connectivity index (χ4v) is 2.96. The molecule has 1 unspecified atom stereocenters. The van der Waals surface area contributed by atoms with E-state index in [-0.39, 0.29) is 18.4 Å². The summed E-state index contributed by atoms with van der Waals surface area (Å²) < 4.78 is 5.14. The Morgan fingerprint density at radius 2 is 1.57 bits per heavy atom. The van der Waals surface area contributed by atoms with Crippen molar-refractivity contribution in [1.82, 2.24) is 10.6 Å². The number of carbonyl (C=O) groups is 2. The topological polar surface area (TPSA) is 67.4 Å². The predicted octanol–water partition coefficient (Wildman–Crippen LogP) is 4.25. The Kier molecular flexibility index (Phi) is 9.05.